The zero-order valence-corrected chi connectivity index (χ0v) is 16.9. The molecule has 1 N–H and O–H groups in total. The van der Waals surface area contributed by atoms with Crippen LogP contribution in [0.5, 0.6) is 11.5 Å². The SMILES string of the molecule is CCN(CC)C(=O)c1cc2c(s1)CC[C@H](C(=O)Nc1ccc3c(c1)OCO3)C2. The lowest BCUT2D eigenvalue weighted by Gasteiger charge is -2.21. The van der Waals surface area contributed by atoms with Gasteiger partial charge in [-0.15, -0.1) is 11.3 Å². The number of benzene rings is 1. The lowest BCUT2D eigenvalue weighted by molar-refractivity contribution is -0.120. The van der Waals surface area contributed by atoms with Crippen molar-refractivity contribution in [3.8, 4) is 11.5 Å². The average Bonchev–Trinajstić information content (AvgIpc) is 3.34. The molecule has 28 heavy (non-hydrogen) atoms. The fourth-order valence-corrected chi connectivity index (χ4v) is 4.91. The van der Waals surface area contributed by atoms with Gasteiger partial charge < -0.3 is 19.7 Å². The zero-order valence-electron chi connectivity index (χ0n) is 16.1. The smallest absolute Gasteiger partial charge is 0.263 e. The molecule has 0 fully saturated rings. The maximum atomic E-state index is 12.8. The van der Waals surface area contributed by atoms with Crippen molar-refractivity contribution in [3.63, 3.8) is 0 Å². The van der Waals surface area contributed by atoms with Crippen LogP contribution in [0.2, 0.25) is 0 Å². The van der Waals surface area contributed by atoms with Crippen LogP contribution in [0.1, 0.15) is 40.4 Å². The molecule has 0 saturated carbocycles. The summed E-state index contributed by atoms with van der Waals surface area (Å²) in [6.07, 6.45) is 2.31. The molecule has 1 aliphatic heterocycles. The Kier molecular flexibility index (Phi) is 5.26. The van der Waals surface area contributed by atoms with E-state index in [0.717, 1.165) is 23.3 Å². The molecule has 2 aliphatic rings. The van der Waals surface area contributed by atoms with Crippen molar-refractivity contribution in [1.82, 2.24) is 4.90 Å². The molecule has 1 aromatic heterocycles. The number of nitrogens with one attached hydrogen (secondary N) is 1. The number of amides is 2. The van der Waals surface area contributed by atoms with Gasteiger partial charge in [-0.05, 0) is 56.9 Å². The number of fused-ring (bicyclic) bond motifs is 2. The summed E-state index contributed by atoms with van der Waals surface area (Å²) in [6, 6.07) is 7.41. The number of hydrogen-bond donors (Lipinski definition) is 1. The van der Waals surface area contributed by atoms with Crippen molar-refractivity contribution < 1.29 is 19.1 Å². The highest BCUT2D eigenvalue weighted by Crippen LogP contribution is 2.36. The van der Waals surface area contributed by atoms with Crippen LogP contribution in [-0.2, 0) is 17.6 Å². The molecule has 1 aliphatic carbocycles. The summed E-state index contributed by atoms with van der Waals surface area (Å²) in [5, 5.41) is 2.99. The first-order valence-electron chi connectivity index (χ1n) is 9.70. The fourth-order valence-electron chi connectivity index (χ4n) is 3.74. The van der Waals surface area contributed by atoms with Gasteiger partial charge in [0.05, 0.1) is 4.88 Å². The van der Waals surface area contributed by atoms with Crippen molar-refractivity contribution in [1.29, 1.82) is 0 Å². The molecule has 1 atom stereocenters. The highest BCUT2D eigenvalue weighted by atomic mass is 32.1. The first-order chi connectivity index (χ1) is 13.6. The third-order valence-corrected chi connectivity index (χ3v) is 6.58. The van der Waals surface area contributed by atoms with Crippen molar-refractivity contribution in [3.05, 3.63) is 39.6 Å². The van der Waals surface area contributed by atoms with Crippen LogP contribution in [0.4, 0.5) is 5.69 Å². The Morgan fingerprint density at radius 2 is 1.96 bits per heavy atom. The highest BCUT2D eigenvalue weighted by Gasteiger charge is 2.28. The number of anilines is 1. The van der Waals surface area contributed by atoms with Crippen molar-refractivity contribution >= 4 is 28.8 Å². The Bertz CT molecular complexity index is 904. The van der Waals surface area contributed by atoms with Crippen LogP contribution in [0.15, 0.2) is 24.3 Å². The normalized spacial score (nSPS) is 17.1. The van der Waals surface area contributed by atoms with Gasteiger partial charge >= 0.3 is 0 Å². The van der Waals surface area contributed by atoms with Crippen molar-refractivity contribution in [2.45, 2.75) is 33.1 Å². The fraction of sp³-hybridized carbons (Fsp3) is 0.429. The first-order valence-corrected chi connectivity index (χ1v) is 10.5. The van der Waals surface area contributed by atoms with Crippen LogP contribution in [0.25, 0.3) is 0 Å². The summed E-state index contributed by atoms with van der Waals surface area (Å²) in [6.45, 7) is 5.61. The third kappa shape index (κ3) is 3.58. The minimum atomic E-state index is -0.0936. The second-order valence-electron chi connectivity index (χ2n) is 7.03. The number of carbonyl (C=O) groups is 2. The van der Waals surface area contributed by atoms with Crippen molar-refractivity contribution in [2.24, 2.45) is 5.92 Å². The number of ether oxygens (including phenoxy) is 2. The summed E-state index contributed by atoms with van der Waals surface area (Å²) in [4.78, 5) is 29.2. The first kappa shape index (κ1) is 18.8. The van der Waals surface area contributed by atoms with E-state index >= 15 is 0 Å². The Morgan fingerprint density at radius 1 is 1.18 bits per heavy atom. The Hall–Kier alpha value is -2.54. The molecule has 7 heteroatoms. The topological polar surface area (TPSA) is 67.9 Å². The summed E-state index contributed by atoms with van der Waals surface area (Å²) in [5.41, 5.74) is 1.85. The summed E-state index contributed by atoms with van der Waals surface area (Å²) in [5.74, 6) is 1.35. The Balaban J connectivity index is 1.43. The van der Waals surface area contributed by atoms with Crippen LogP contribution in [-0.4, -0.2) is 36.6 Å². The van der Waals surface area contributed by atoms with Crippen LogP contribution in [0, 0.1) is 5.92 Å². The summed E-state index contributed by atoms with van der Waals surface area (Å²) >= 11 is 1.58. The molecule has 0 spiro atoms. The van der Waals surface area contributed by atoms with Gasteiger partial charge in [-0.25, -0.2) is 0 Å². The quantitative estimate of drug-likeness (QED) is 0.831. The van der Waals surface area contributed by atoms with Crippen LogP contribution < -0.4 is 14.8 Å². The van der Waals surface area contributed by atoms with Crippen LogP contribution in [0.3, 0.4) is 0 Å². The predicted octanol–water partition coefficient (Wildman–Crippen LogP) is 3.70. The molecular formula is C21H24N2O4S. The standard InChI is InChI=1S/C21H24N2O4S/c1-3-23(4-2)21(25)19-10-14-9-13(5-8-18(14)28-19)20(24)22-15-6-7-16-17(11-15)27-12-26-16/h6-7,10-11,13H,3-5,8-9,12H2,1-2H3,(H,22,24)/t13-/m0/s1. The number of aryl methyl sites for hydroxylation is 1. The third-order valence-electron chi connectivity index (χ3n) is 5.36. The van der Waals surface area contributed by atoms with E-state index < -0.39 is 0 Å². The second-order valence-corrected chi connectivity index (χ2v) is 8.17. The van der Waals surface area contributed by atoms with E-state index in [-0.39, 0.29) is 24.5 Å². The van der Waals surface area contributed by atoms with Crippen LogP contribution >= 0.6 is 11.3 Å². The van der Waals surface area contributed by atoms with Gasteiger partial charge in [0.2, 0.25) is 12.7 Å². The second kappa shape index (κ2) is 7.83. The maximum Gasteiger partial charge on any atom is 0.263 e. The van der Waals surface area contributed by atoms with Gasteiger partial charge in [0.25, 0.3) is 5.91 Å². The maximum absolute atomic E-state index is 12.8. The summed E-state index contributed by atoms with van der Waals surface area (Å²) < 4.78 is 10.7. The number of thiophene rings is 1. The van der Waals surface area contributed by atoms with E-state index in [4.69, 9.17) is 9.47 Å². The molecule has 4 rings (SSSR count). The van der Waals surface area contributed by atoms with Crippen molar-refractivity contribution in [2.75, 3.05) is 25.2 Å². The van der Waals surface area contributed by atoms with Gasteiger partial charge in [-0.2, -0.15) is 0 Å². The molecular weight excluding hydrogens is 376 g/mol. The van der Waals surface area contributed by atoms with E-state index in [2.05, 4.69) is 5.32 Å². The van der Waals surface area contributed by atoms with Gasteiger partial charge in [0.1, 0.15) is 0 Å². The molecule has 6 nitrogen and oxygen atoms in total. The van der Waals surface area contributed by atoms with E-state index in [1.54, 1.807) is 23.5 Å². The van der Waals surface area contributed by atoms with E-state index in [9.17, 15) is 9.59 Å². The largest absolute Gasteiger partial charge is 0.454 e. The number of carbonyl (C=O) groups excluding carboxylic acids is 2. The molecule has 0 radical (unpaired) electrons. The zero-order chi connectivity index (χ0) is 19.7. The Labute approximate surface area is 168 Å². The van der Waals surface area contributed by atoms with Gasteiger partial charge in [0.15, 0.2) is 11.5 Å². The molecule has 2 aromatic rings. The monoisotopic (exact) mass is 400 g/mol. The van der Waals surface area contributed by atoms with E-state index in [0.29, 0.717) is 36.7 Å². The average molecular weight is 401 g/mol. The molecule has 2 amide bonds. The lowest BCUT2D eigenvalue weighted by Crippen LogP contribution is -2.29. The highest BCUT2D eigenvalue weighted by molar-refractivity contribution is 7.14. The molecule has 1 aromatic carbocycles. The molecule has 0 bridgehead atoms. The summed E-state index contributed by atoms with van der Waals surface area (Å²) in [7, 11) is 0. The minimum Gasteiger partial charge on any atom is -0.454 e. The van der Waals surface area contributed by atoms with Gasteiger partial charge in [-0.1, -0.05) is 0 Å². The molecule has 148 valence electrons. The number of rotatable bonds is 5. The lowest BCUT2D eigenvalue weighted by atomic mass is 9.87. The molecule has 2 heterocycles. The minimum absolute atomic E-state index is 0.00679. The predicted molar refractivity (Wildman–Crippen MR) is 108 cm³/mol. The Morgan fingerprint density at radius 3 is 2.75 bits per heavy atom. The number of hydrogen-bond acceptors (Lipinski definition) is 5. The molecule has 0 unspecified atom stereocenters. The van der Waals surface area contributed by atoms with Gasteiger partial charge in [-0.3, -0.25) is 9.59 Å². The molecule has 0 saturated heterocycles. The van der Waals surface area contributed by atoms with E-state index in [1.165, 1.54) is 4.88 Å². The number of nitrogens with zero attached hydrogens (tertiary/aromatic N) is 1. The van der Waals surface area contributed by atoms with E-state index in [1.807, 2.05) is 30.9 Å². The van der Waals surface area contributed by atoms with Gasteiger partial charge in [0, 0.05) is 35.6 Å².